The van der Waals surface area contributed by atoms with Gasteiger partial charge < -0.3 is 0 Å². The van der Waals surface area contributed by atoms with Crippen LogP contribution in [0.3, 0.4) is 0 Å². The molecule has 3 aromatic rings. The monoisotopic (exact) mass is 444 g/mol. The minimum absolute atomic E-state index is 0.0469. The van der Waals surface area contributed by atoms with E-state index in [9.17, 15) is 16.8 Å². The van der Waals surface area contributed by atoms with Crippen molar-refractivity contribution in [3.63, 3.8) is 0 Å². The van der Waals surface area contributed by atoms with Crippen molar-refractivity contribution in [3.05, 3.63) is 58.7 Å². The van der Waals surface area contributed by atoms with Gasteiger partial charge >= 0.3 is 0 Å². The highest BCUT2D eigenvalue weighted by atomic mass is 35.5. The summed E-state index contributed by atoms with van der Waals surface area (Å²) in [4.78, 5) is 7.77. The number of hydrogen-bond acceptors (Lipinski definition) is 7. The van der Waals surface area contributed by atoms with Crippen LogP contribution in [-0.4, -0.2) is 26.8 Å². The number of thiophene rings is 1. The summed E-state index contributed by atoms with van der Waals surface area (Å²) in [5.41, 5.74) is 0.825. The highest BCUT2D eigenvalue weighted by Gasteiger charge is 2.19. The number of rotatable bonds is 6. The zero-order chi connectivity index (χ0) is 19.7. The second kappa shape index (κ2) is 7.43. The van der Waals surface area contributed by atoms with E-state index in [4.69, 9.17) is 11.6 Å². The molecule has 0 amide bonds. The van der Waals surface area contributed by atoms with E-state index >= 15 is 0 Å². The summed E-state index contributed by atoms with van der Waals surface area (Å²) in [6, 6.07) is 9.75. The van der Waals surface area contributed by atoms with Crippen LogP contribution in [0.15, 0.2) is 57.8 Å². The number of sulfonamides is 2. The van der Waals surface area contributed by atoms with Crippen LogP contribution in [-0.2, 0) is 20.0 Å². The smallest absolute Gasteiger partial charge is 0.271 e. The van der Waals surface area contributed by atoms with Crippen LogP contribution in [0, 0.1) is 6.92 Å². The topological polar surface area (TPSA) is 118 Å². The van der Waals surface area contributed by atoms with Crippen molar-refractivity contribution in [2.45, 2.75) is 16.0 Å². The third kappa shape index (κ3) is 4.75. The Kier molecular flexibility index (Phi) is 5.38. The maximum absolute atomic E-state index is 12.4. The van der Waals surface area contributed by atoms with Crippen molar-refractivity contribution in [2.24, 2.45) is 0 Å². The van der Waals surface area contributed by atoms with Crippen LogP contribution in [0.2, 0.25) is 4.34 Å². The lowest BCUT2D eigenvalue weighted by atomic mass is 10.3. The lowest BCUT2D eigenvalue weighted by molar-refractivity contribution is 0.600. The molecule has 0 atom stereocenters. The van der Waals surface area contributed by atoms with Crippen LogP contribution in [0.25, 0.3) is 0 Å². The van der Waals surface area contributed by atoms with Crippen LogP contribution in [0.5, 0.6) is 0 Å². The third-order valence-corrected chi connectivity index (χ3v) is 7.70. The van der Waals surface area contributed by atoms with Crippen molar-refractivity contribution in [1.82, 2.24) is 9.97 Å². The number of hydrogen-bond donors (Lipinski definition) is 2. The van der Waals surface area contributed by atoms with Gasteiger partial charge in [-0.15, -0.1) is 11.3 Å². The van der Waals surface area contributed by atoms with Gasteiger partial charge in [0.25, 0.3) is 20.0 Å². The predicted molar refractivity (Wildman–Crippen MR) is 104 cm³/mol. The second-order valence-corrected chi connectivity index (χ2v) is 10.6. The van der Waals surface area contributed by atoms with Gasteiger partial charge in [-0.3, -0.25) is 4.72 Å². The number of halogens is 1. The zero-order valence-electron chi connectivity index (χ0n) is 13.7. The Morgan fingerprint density at radius 1 is 0.926 bits per heavy atom. The number of nitrogens with zero attached hydrogens (tertiary/aromatic N) is 2. The largest absolute Gasteiger partial charge is 0.279 e. The molecule has 0 fully saturated rings. The van der Waals surface area contributed by atoms with Gasteiger partial charge in [-0.25, -0.2) is 31.5 Å². The molecule has 2 N–H and O–H groups in total. The number of aryl methyl sites for hydroxylation is 1. The van der Waals surface area contributed by atoms with Gasteiger partial charge in [-0.1, -0.05) is 11.6 Å². The molecule has 0 aliphatic carbocycles. The Morgan fingerprint density at radius 2 is 1.63 bits per heavy atom. The van der Waals surface area contributed by atoms with Gasteiger partial charge in [0.2, 0.25) is 5.95 Å². The Morgan fingerprint density at radius 3 is 2.22 bits per heavy atom. The van der Waals surface area contributed by atoms with Crippen LogP contribution >= 0.6 is 22.9 Å². The van der Waals surface area contributed by atoms with Crippen LogP contribution < -0.4 is 9.44 Å². The van der Waals surface area contributed by atoms with Gasteiger partial charge in [0.1, 0.15) is 4.21 Å². The Labute approximate surface area is 165 Å². The quantitative estimate of drug-likeness (QED) is 0.603. The van der Waals surface area contributed by atoms with Gasteiger partial charge in [-0.05, 0) is 49.4 Å². The molecule has 0 aliphatic rings. The first-order chi connectivity index (χ1) is 12.7. The fourth-order valence-corrected chi connectivity index (χ4v) is 5.52. The van der Waals surface area contributed by atoms with E-state index in [1.165, 1.54) is 42.6 Å². The molecular weight excluding hydrogens is 432 g/mol. The highest BCUT2D eigenvalue weighted by molar-refractivity contribution is 7.94. The predicted octanol–water partition coefficient (Wildman–Crippen LogP) is 3.10. The maximum atomic E-state index is 12.4. The lowest BCUT2D eigenvalue weighted by Gasteiger charge is -2.09. The Bertz CT molecular complexity index is 1180. The van der Waals surface area contributed by atoms with E-state index in [1.54, 1.807) is 13.0 Å². The van der Waals surface area contributed by atoms with Crippen molar-refractivity contribution in [1.29, 1.82) is 0 Å². The molecule has 2 heterocycles. The van der Waals surface area contributed by atoms with Gasteiger partial charge in [0.15, 0.2) is 0 Å². The molecule has 0 saturated heterocycles. The fraction of sp³-hybridized carbons (Fsp3) is 0.0667. The summed E-state index contributed by atoms with van der Waals surface area (Å²) in [7, 11) is -7.70. The molecule has 12 heteroatoms. The van der Waals surface area contributed by atoms with E-state index in [0.717, 1.165) is 11.3 Å². The maximum Gasteiger partial charge on any atom is 0.271 e. The number of benzene rings is 1. The molecule has 0 saturated carbocycles. The normalized spacial score (nSPS) is 11.9. The van der Waals surface area contributed by atoms with E-state index in [-0.39, 0.29) is 20.7 Å². The molecule has 8 nitrogen and oxygen atoms in total. The van der Waals surface area contributed by atoms with E-state index in [2.05, 4.69) is 19.4 Å². The molecule has 142 valence electrons. The molecule has 0 spiro atoms. The summed E-state index contributed by atoms with van der Waals surface area (Å²) in [6.07, 6.45) is 1.44. The first-order valence-corrected chi connectivity index (χ1v) is 11.5. The van der Waals surface area contributed by atoms with Gasteiger partial charge in [0, 0.05) is 17.6 Å². The fourth-order valence-electron chi connectivity index (χ4n) is 2.03. The molecule has 3 rings (SSSR count). The minimum Gasteiger partial charge on any atom is -0.279 e. The average Bonchev–Trinajstić information content (AvgIpc) is 3.02. The van der Waals surface area contributed by atoms with Crippen molar-refractivity contribution in [3.8, 4) is 0 Å². The van der Waals surface area contributed by atoms with Gasteiger partial charge in [0.05, 0.1) is 9.23 Å². The third-order valence-electron chi connectivity index (χ3n) is 3.25. The van der Waals surface area contributed by atoms with E-state index < -0.39 is 20.0 Å². The minimum atomic E-state index is -3.91. The molecular formula is C15H13ClN4O4S3. The number of nitrogens with one attached hydrogen (secondary N) is 2. The summed E-state index contributed by atoms with van der Waals surface area (Å²) in [5.74, 6) is -0.0469. The average molecular weight is 445 g/mol. The Balaban J connectivity index is 1.78. The lowest BCUT2D eigenvalue weighted by Crippen LogP contribution is -2.15. The summed E-state index contributed by atoms with van der Waals surface area (Å²) >= 11 is 6.68. The van der Waals surface area contributed by atoms with Crippen molar-refractivity contribution >= 4 is 54.6 Å². The van der Waals surface area contributed by atoms with Crippen molar-refractivity contribution < 1.29 is 16.8 Å². The van der Waals surface area contributed by atoms with Crippen LogP contribution in [0.4, 0.5) is 11.6 Å². The molecule has 0 radical (unpaired) electrons. The van der Waals surface area contributed by atoms with Crippen molar-refractivity contribution in [2.75, 3.05) is 9.44 Å². The highest BCUT2D eigenvalue weighted by Crippen LogP contribution is 2.27. The van der Waals surface area contributed by atoms with Gasteiger partial charge in [-0.2, -0.15) is 0 Å². The summed E-state index contributed by atoms with van der Waals surface area (Å²) in [6.45, 7) is 1.71. The first kappa shape index (κ1) is 19.5. The number of anilines is 2. The molecule has 0 unspecified atom stereocenters. The molecule has 1 aromatic carbocycles. The standard InChI is InChI=1S/C15H13ClN4O4S3/c1-10-8-9-17-15(18-10)20-26(21,22)12-4-2-11(3-5-12)19-27(23,24)14-7-6-13(16)25-14/h2-9,19H,1H3,(H,17,18,20). The summed E-state index contributed by atoms with van der Waals surface area (Å²) in [5, 5.41) is 0. The summed E-state index contributed by atoms with van der Waals surface area (Å²) < 4.78 is 54.4. The van der Waals surface area contributed by atoms with E-state index in [1.807, 2.05) is 0 Å². The molecule has 2 aromatic heterocycles. The first-order valence-electron chi connectivity index (χ1n) is 7.36. The van der Waals surface area contributed by atoms with Crippen LogP contribution in [0.1, 0.15) is 5.69 Å². The zero-order valence-corrected chi connectivity index (χ0v) is 17.0. The SMILES string of the molecule is Cc1ccnc(NS(=O)(=O)c2ccc(NS(=O)(=O)c3ccc(Cl)s3)cc2)n1. The van der Waals surface area contributed by atoms with E-state index in [0.29, 0.717) is 10.0 Å². The molecule has 0 aliphatic heterocycles. The molecule has 27 heavy (non-hydrogen) atoms. The molecule has 0 bridgehead atoms. The number of aromatic nitrogens is 2. The Hall–Kier alpha value is -2.21. The second-order valence-electron chi connectivity index (χ2n) is 5.32.